The molecule has 4 bridgehead atoms. The van der Waals surface area contributed by atoms with Crippen LogP contribution in [0.15, 0.2) is 95.7 Å². The van der Waals surface area contributed by atoms with Gasteiger partial charge in [-0.05, 0) is 56.3 Å². The minimum Gasteiger partial charge on any atom is -0.297 e. The average molecular weight is 454 g/mol. The lowest BCUT2D eigenvalue weighted by atomic mass is 9.48. The number of ketones is 1. The summed E-state index contributed by atoms with van der Waals surface area (Å²) in [6.45, 7) is 0.332. The van der Waals surface area contributed by atoms with E-state index < -0.39 is 7.05 Å². The van der Waals surface area contributed by atoms with Crippen molar-refractivity contribution in [3.63, 3.8) is 0 Å². The summed E-state index contributed by atoms with van der Waals surface area (Å²) in [5, 5.41) is 3.67. The Morgan fingerprint density at radius 1 is 0.667 bits per heavy atom. The number of carbonyl (C=O) groups excluding carboxylic acids is 1. The van der Waals surface area contributed by atoms with Gasteiger partial charge in [0.1, 0.15) is 0 Å². The lowest BCUT2D eigenvalue weighted by molar-refractivity contribution is -0.142. The van der Waals surface area contributed by atoms with Crippen molar-refractivity contribution in [3.8, 4) is 0 Å². The SMILES string of the molecule is O=C(CN=P(c1ccccc1)(c1ccccc1)c1ccccc1)C12CC3CC(CC(C3)C1)C2. The first-order valence-electron chi connectivity index (χ1n) is 12.5. The molecule has 0 heterocycles. The van der Waals surface area contributed by atoms with E-state index in [0.717, 1.165) is 37.0 Å². The van der Waals surface area contributed by atoms with Crippen LogP contribution >= 0.6 is 7.05 Å². The summed E-state index contributed by atoms with van der Waals surface area (Å²) >= 11 is 0. The smallest absolute Gasteiger partial charge is 0.160 e. The first kappa shape index (κ1) is 21.1. The monoisotopic (exact) mass is 453 g/mol. The van der Waals surface area contributed by atoms with Gasteiger partial charge in [0.25, 0.3) is 0 Å². The quantitative estimate of drug-likeness (QED) is 0.424. The Balaban J connectivity index is 1.48. The molecule has 4 fully saturated rings. The second-order valence-corrected chi connectivity index (χ2v) is 13.7. The summed E-state index contributed by atoms with van der Waals surface area (Å²) in [7, 11) is -2.30. The summed E-state index contributed by atoms with van der Waals surface area (Å²) in [5.74, 6) is 2.74. The van der Waals surface area contributed by atoms with E-state index in [1.807, 2.05) is 0 Å². The molecule has 4 saturated carbocycles. The van der Waals surface area contributed by atoms with Crippen molar-refractivity contribution in [2.45, 2.75) is 38.5 Å². The minimum absolute atomic E-state index is 0.0992. The van der Waals surface area contributed by atoms with Crippen LogP contribution in [0, 0.1) is 23.2 Å². The lowest BCUT2D eigenvalue weighted by Crippen LogP contribution is -2.50. The van der Waals surface area contributed by atoms with E-state index in [0.29, 0.717) is 12.3 Å². The maximum Gasteiger partial charge on any atom is 0.160 e. The molecule has 0 amide bonds. The van der Waals surface area contributed by atoms with E-state index in [4.69, 9.17) is 4.74 Å². The molecule has 7 rings (SSSR count). The second kappa shape index (κ2) is 8.41. The predicted molar refractivity (Wildman–Crippen MR) is 138 cm³/mol. The zero-order valence-corrected chi connectivity index (χ0v) is 20.0. The van der Waals surface area contributed by atoms with Gasteiger partial charge in [-0.1, -0.05) is 91.0 Å². The summed E-state index contributed by atoms with van der Waals surface area (Å²) in [6, 6.07) is 32.0. The van der Waals surface area contributed by atoms with E-state index in [1.54, 1.807) is 0 Å². The first-order valence-corrected chi connectivity index (χ1v) is 14.2. The molecule has 3 aromatic carbocycles. The standard InChI is InChI=1S/C30H32NOP/c32-29(30-19-23-16-24(20-30)18-25(17-23)21-30)22-31-33(26-10-4-1-5-11-26,27-12-6-2-7-13-27)28-14-8-3-9-15-28/h1-15,23-25H,16-22H2. The van der Waals surface area contributed by atoms with Gasteiger partial charge >= 0.3 is 0 Å². The average Bonchev–Trinajstić information content (AvgIpc) is 2.85. The van der Waals surface area contributed by atoms with Crippen LogP contribution in [-0.4, -0.2) is 12.3 Å². The van der Waals surface area contributed by atoms with Gasteiger partial charge in [0.05, 0.1) is 13.6 Å². The molecular weight excluding hydrogens is 421 g/mol. The van der Waals surface area contributed by atoms with Gasteiger partial charge in [0.2, 0.25) is 0 Å². The molecule has 0 aliphatic heterocycles. The fourth-order valence-electron chi connectivity index (χ4n) is 7.41. The summed E-state index contributed by atoms with van der Waals surface area (Å²) in [4.78, 5) is 14.0. The second-order valence-electron chi connectivity index (χ2n) is 10.6. The van der Waals surface area contributed by atoms with Crippen LogP contribution in [0.5, 0.6) is 0 Å². The van der Waals surface area contributed by atoms with Crippen LogP contribution in [0.4, 0.5) is 0 Å². The zero-order valence-electron chi connectivity index (χ0n) is 19.1. The van der Waals surface area contributed by atoms with Gasteiger partial charge in [0, 0.05) is 21.3 Å². The summed E-state index contributed by atoms with van der Waals surface area (Å²) in [6.07, 6.45) is 7.42. The van der Waals surface area contributed by atoms with Gasteiger partial charge in [-0.15, -0.1) is 0 Å². The number of hydrogen-bond acceptors (Lipinski definition) is 2. The molecule has 0 radical (unpaired) electrons. The van der Waals surface area contributed by atoms with Gasteiger partial charge in [-0.2, -0.15) is 0 Å². The highest BCUT2D eigenvalue weighted by Gasteiger charge is 2.54. The lowest BCUT2D eigenvalue weighted by Gasteiger charge is -2.55. The number of rotatable bonds is 6. The number of benzene rings is 3. The third kappa shape index (κ3) is 3.64. The Morgan fingerprint density at radius 2 is 1.03 bits per heavy atom. The van der Waals surface area contributed by atoms with Gasteiger partial charge in [0.15, 0.2) is 5.78 Å². The summed E-state index contributed by atoms with van der Waals surface area (Å²) in [5.41, 5.74) is -0.0992. The Kier molecular flexibility index (Phi) is 5.38. The molecule has 0 saturated heterocycles. The van der Waals surface area contributed by atoms with Crippen molar-refractivity contribution in [2.24, 2.45) is 27.9 Å². The van der Waals surface area contributed by atoms with E-state index >= 15 is 0 Å². The van der Waals surface area contributed by atoms with Gasteiger partial charge < -0.3 is 0 Å². The molecule has 4 aliphatic rings. The first-order chi connectivity index (χ1) is 16.2. The highest BCUT2D eigenvalue weighted by molar-refractivity contribution is 7.87. The molecule has 0 aromatic heterocycles. The van der Waals surface area contributed by atoms with Crippen molar-refractivity contribution in [2.75, 3.05) is 6.54 Å². The van der Waals surface area contributed by atoms with Crippen molar-refractivity contribution in [3.05, 3.63) is 91.0 Å². The third-order valence-electron chi connectivity index (χ3n) is 8.45. The Labute approximate surface area is 197 Å². The number of nitrogens with zero attached hydrogens (tertiary/aromatic N) is 1. The molecule has 0 unspecified atom stereocenters. The van der Waals surface area contributed by atoms with Gasteiger partial charge in [-0.25, -0.2) is 0 Å². The molecule has 33 heavy (non-hydrogen) atoms. The molecule has 3 aromatic rings. The normalized spacial score (nSPS) is 27.9. The van der Waals surface area contributed by atoms with E-state index in [1.165, 1.54) is 35.2 Å². The molecule has 4 aliphatic carbocycles. The predicted octanol–water partition coefficient (Wildman–Crippen LogP) is 5.95. The molecular formula is C30H32NOP. The molecule has 0 atom stereocenters. The Bertz CT molecular complexity index is 1050. The van der Waals surface area contributed by atoms with Crippen LogP contribution < -0.4 is 15.9 Å². The van der Waals surface area contributed by atoms with Crippen LogP contribution in [-0.2, 0) is 4.79 Å². The fraction of sp³-hybridized carbons (Fsp3) is 0.367. The third-order valence-corrected chi connectivity index (χ3v) is 12.1. The number of Topliss-reactive ketones (excluding diaryl/α,β-unsaturated/α-hetero) is 1. The maximum atomic E-state index is 14.0. The molecule has 168 valence electrons. The molecule has 2 nitrogen and oxygen atoms in total. The molecule has 3 heteroatoms. The van der Waals surface area contributed by atoms with E-state index in [2.05, 4.69) is 91.0 Å². The van der Waals surface area contributed by atoms with Crippen LogP contribution in [0.1, 0.15) is 38.5 Å². The van der Waals surface area contributed by atoms with Crippen LogP contribution in [0.25, 0.3) is 0 Å². The molecule has 0 spiro atoms. The van der Waals surface area contributed by atoms with Crippen molar-refractivity contribution < 1.29 is 4.79 Å². The van der Waals surface area contributed by atoms with Gasteiger partial charge in [-0.3, -0.25) is 9.54 Å². The largest absolute Gasteiger partial charge is 0.297 e. The van der Waals surface area contributed by atoms with E-state index in [9.17, 15) is 4.79 Å². The zero-order chi connectivity index (χ0) is 22.3. The number of hydrogen-bond donors (Lipinski definition) is 0. The highest BCUT2D eigenvalue weighted by atomic mass is 31.2. The van der Waals surface area contributed by atoms with Crippen molar-refractivity contribution in [1.82, 2.24) is 0 Å². The van der Waals surface area contributed by atoms with Crippen LogP contribution in [0.3, 0.4) is 0 Å². The highest BCUT2D eigenvalue weighted by Crippen LogP contribution is 2.60. The van der Waals surface area contributed by atoms with E-state index in [-0.39, 0.29) is 5.41 Å². The van der Waals surface area contributed by atoms with Crippen molar-refractivity contribution in [1.29, 1.82) is 0 Å². The maximum absolute atomic E-state index is 14.0. The van der Waals surface area contributed by atoms with Crippen LogP contribution in [0.2, 0.25) is 0 Å². The Morgan fingerprint density at radius 3 is 1.39 bits per heavy atom. The molecule has 0 N–H and O–H groups in total. The minimum atomic E-state index is -2.30. The van der Waals surface area contributed by atoms with Crippen molar-refractivity contribution >= 4 is 28.8 Å². The summed E-state index contributed by atoms with van der Waals surface area (Å²) < 4.78 is 5.48. The topological polar surface area (TPSA) is 29.4 Å². The fourth-order valence-corrected chi connectivity index (χ4v) is 10.9. The number of carbonyl (C=O) groups is 1. The Hall–Kier alpha value is -2.44.